The molecule has 0 atom stereocenters. The highest BCUT2D eigenvalue weighted by molar-refractivity contribution is 8.39. The molecule has 2 nitrogen and oxygen atoms in total. The van der Waals surface area contributed by atoms with Crippen LogP contribution in [0.25, 0.3) is 0 Å². The second-order valence-electron chi connectivity index (χ2n) is 2.46. The van der Waals surface area contributed by atoms with Crippen molar-refractivity contribution in [1.82, 2.24) is 0 Å². The first-order chi connectivity index (χ1) is 7.38. The van der Waals surface area contributed by atoms with Gasteiger partial charge in [-0.05, 0) is 22.9 Å². The van der Waals surface area contributed by atoms with Gasteiger partial charge in [0.15, 0.2) is 4.38 Å². The van der Waals surface area contributed by atoms with E-state index in [9.17, 15) is 0 Å². The van der Waals surface area contributed by atoms with Crippen LogP contribution in [0.3, 0.4) is 0 Å². The molecule has 0 spiro atoms. The standard InChI is InChI=1S/C9H8N2S4/c10-11-9(14-7-3-1-5-12-7)15-8-4-2-6-13-8/h1-6H,10H2. The largest absolute Gasteiger partial charge is 0.322 e. The van der Waals surface area contributed by atoms with Gasteiger partial charge in [0.2, 0.25) is 0 Å². The van der Waals surface area contributed by atoms with E-state index in [2.05, 4.69) is 17.2 Å². The number of thioether (sulfide) groups is 2. The number of nitrogens with zero attached hydrogens (tertiary/aromatic N) is 1. The van der Waals surface area contributed by atoms with Crippen LogP contribution in [-0.4, -0.2) is 4.38 Å². The van der Waals surface area contributed by atoms with Crippen LogP contribution >= 0.6 is 46.2 Å². The van der Waals surface area contributed by atoms with Crippen LogP contribution in [0.4, 0.5) is 0 Å². The topological polar surface area (TPSA) is 38.4 Å². The Bertz CT molecular complexity index is 381. The molecule has 0 aromatic carbocycles. The molecule has 2 rings (SSSR count). The molecule has 0 aliphatic rings. The van der Waals surface area contributed by atoms with Crippen LogP contribution in [0.15, 0.2) is 48.5 Å². The Hall–Kier alpha value is -0.430. The molecule has 0 aliphatic heterocycles. The highest BCUT2D eigenvalue weighted by Gasteiger charge is 2.06. The van der Waals surface area contributed by atoms with Crippen molar-refractivity contribution in [3.8, 4) is 0 Å². The Labute approximate surface area is 105 Å². The molecule has 78 valence electrons. The fourth-order valence-electron chi connectivity index (χ4n) is 0.889. The lowest BCUT2D eigenvalue weighted by atomic mass is 10.7. The maximum absolute atomic E-state index is 5.36. The molecule has 0 bridgehead atoms. The summed E-state index contributed by atoms with van der Waals surface area (Å²) in [5, 5.41) is 7.89. The van der Waals surface area contributed by atoms with Gasteiger partial charge in [-0.2, -0.15) is 5.10 Å². The summed E-state index contributed by atoms with van der Waals surface area (Å²) in [6.45, 7) is 0. The lowest BCUT2D eigenvalue weighted by Gasteiger charge is -1.99. The van der Waals surface area contributed by atoms with Crippen molar-refractivity contribution >= 4 is 50.6 Å². The van der Waals surface area contributed by atoms with E-state index in [0.29, 0.717) is 0 Å². The molecule has 0 aliphatic carbocycles. The van der Waals surface area contributed by atoms with Gasteiger partial charge < -0.3 is 5.84 Å². The first-order valence-corrected chi connectivity index (χ1v) is 7.48. The second-order valence-corrected chi connectivity index (χ2v) is 7.20. The maximum atomic E-state index is 5.36. The van der Waals surface area contributed by atoms with Gasteiger partial charge >= 0.3 is 0 Å². The molecular weight excluding hydrogens is 264 g/mol. The zero-order chi connectivity index (χ0) is 10.5. The summed E-state index contributed by atoms with van der Waals surface area (Å²) in [4.78, 5) is 0. The van der Waals surface area contributed by atoms with Crippen molar-refractivity contribution < 1.29 is 0 Å². The molecule has 2 N–H and O–H groups in total. The predicted octanol–water partition coefficient (Wildman–Crippen LogP) is 3.92. The summed E-state index contributed by atoms with van der Waals surface area (Å²) in [5.41, 5.74) is 0. The number of hydrogen-bond donors (Lipinski definition) is 1. The van der Waals surface area contributed by atoms with Crippen molar-refractivity contribution in [2.24, 2.45) is 10.9 Å². The third-order valence-electron chi connectivity index (χ3n) is 1.47. The minimum atomic E-state index is 0.875. The minimum Gasteiger partial charge on any atom is -0.322 e. The smallest absolute Gasteiger partial charge is 0.160 e. The van der Waals surface area contributed by atoms with Crippen molar-refractivity contribution in [2.45, 2.75) is 8.42 Å². The Morgan fingerprint density at radius 3 is 1.93 bits per heavy atom. The summed E-state index contributed by atoms with van der Waals surface area (Å²) in [7, 11) is 0. The Kier molecular flexibility index (Phi) is 4.13. The minimum absolute atomic E-state index is 0.875. The Balaban J connectivity index is 2.00. The van der Waals surface area contributed by atoms with Crippen LogP contribution in [0, 0.1) is 0 Å². The summed E-state index contributed by atoms with van der Waals surface area (Å²) in [6.07, 6.45) is 0. The molecule has 0 fully saturated rings. The van der Waals surface area contributed by atoms with Gasteiger partial charge in [-0.15, -0.1) is 22.7 Å². The van der Waals surface area contributed by atoms with Gasteiger partial charge in [-0.25, -0.2) is 0 Å². The van der Waals surface area contributed by atoms with Crippen molar-refractivity contribution in [3.63, 3.8) is 0 Å². The van der Waals surface area contributed by atoms with Crippen LogP contribution in [0.2, 0.25) is 0 Å². The molecule has 0 saturated carbocycles. The number of hydrazone groups is 1. The van der Waals surface area contributed by atoms with Gasteiger partial charge in [0.25, 0.3) is 0 Å². The van der Waals surface area contributed by atoms with E-state index in [-0.39, 0.29) is 0 Å². The monoisotopic (exact) mass is 272 g/mol. The third kappa shape index (κ3) is 3.27. The quantitative estimate of drug-likeness (QED) is 0.296. The van der Waals surface area contributed by atoms with Crippen LogP contribution in [0.1, 0.15) is 0 Å². The normalized spacial score (nSPS) is 10.1. The van der Waals surface area contributed by atoms with Gasteiger partial charge in [-0.1, -0.05) is 35.7 Å². The van der Waals surface area contributed by atoms with E-state index in [1.165, 1.54) is 8.42 Å². The molecule has 2 heterocycles. The SMILES string of the molecule is NN=C(Sc1cccs1)Sc1cccs1. The fraction of sp³-hybridized carbons (Fsp3) is 0. The average molecular weight is 272 g/mol. The molecule has 0 unspecified atom stereocenters. The highest BCUT2D eigenvalue weighted by atomic mass is 32.2. The highest BCUT2D eigenvalue weighted by Crippen LogP contribution is 2.34. The molecule has 6 heteroatoms. The molecule has 0 saturated heterocycles. The van der Waals surface area contributed by atoms with Crippen molar-refractivity contribution in [1.29, 1.82) is 0 Å². The molecule has 2 aromatic heterocycles. The number of thiophene rings is 2. The first-order valence-electron chi connectivity index (χ1n) is 4.09. The molecule has 0 radical (unpaired) electrons. The number of nitrogens with two attached hydrogens (primary N) is 1. The molecule has 2 aromatic rings. The van der Waals surface area contributed by atoms with Gasteiger partial charge in [0, 0.05) is 0 Å². The van der Waals surface area contributed by atoms with E-state index in [1.807, 2.05) is 22.9 Å². The van der Waals surface area contributed by atoms with Crippen LogP contribution in [-0.2, 0) is 0 Å². The van der Waals surface area contributed by atoms with Crippen LogP contribution in [0.5, 0.6) is 0 Å². The number of hydrogen-bond acceptors (Lipinski definition) is 6. The first kappa shape index (κ1) is 11.1. The summed E-state index contributed by atoms with van der Waals surface area (Å²) in [6, 6.07) is 8.18. The van der Waals surface area contributed by atoms with E-state index in [1.54, 1.807) is 46.2 Å². The zero-order valence-electron chi connectivity index (χ0n) is 7.62. The summed E-state index contributed by atoms with van der Waals surface area (Å²) < 4.78 is 3.30. The maximum Gasteiger partial charge on any atom is 0.160 e. The van der Waals surface area contributed by atoms with Crippen molar-refractivity contribution in [3.05, 3.63) is 35.0 Å². The van der Waals surface area contributed by atoms with Crippen molar-refractivity contribution in [2.75, 3.05) is 0 Å². The Morgan fingerprint density at radius 2 is 1.60 bits per heavy atom. The van der Waals surface area contributed by atoms with E-state index in [0.717, 1.165) is 4.38 Å². The number of rotatable bonds is 2. The predicted molar refractivity (Wildman–Crippen MR) is 72.0 cm³/mol. The van der Waals surface area contributed by atoms with Gasteiger partial charge in [-0.3, -0.25) is 0 Å². The fourth-order valence-corrected chi connectivity index (χ4v) is 4.74. The third-order valence-corrected chi connectivity index (χ3v) is 5.61. The molecule has 0 amide bonds. The molecule has 15 heavy (non-hydrogen) atoms. The average Bonchev–Trinajstić information content (AvgIpc) is 2.89. The van der Waals surface area contributed by atoms with E-state index >= 15 is 0 Å². The van der Waals surface area contributed by atoms with Gasteiger partial charge in [0.05, 0.1) is 8.42 Å². The lowest BCUT2D eigenvalue weighted by Crippen LogP contribution is -1.89. The summed E-state index contributed by atoms with van der Waals surface area (Å²) in [5.74, 6) is 5.36. The second kappa shape index (κ2) is 5.60. The van der Waals surface area contributed by atoms with Crippen LogP contribution < -0.4 is 5.84 Å². The Morgan fingerprint density at radius 1 is 1.07 bits per heavy atom. The van der Waals surface area contributed by atoms with E-state index in [4.69, 9.17) is 5.84 Å². The van der Waals surface area contributed by atoms with E-state index < -0.39 is 0 Å². The lowest BCUT2D eigenvalue weighted by molar-refractivity contribution is 1.27. The zero-order valence-corrected chi connectivity index (χ0v) is 10.9. The summed E-state index contributed by atoms with van der Waals surface area (Å²) >= 11 is 6.61. The molecular formula is C9H8N2S4. The van der Waals surface area contributed by atoms with Gasteiger partial charge in [0.1, 0.15) is 0 Å².